The number of fused-ring (bicyclic) bond motifs is 1. The smallest absolute Gasteiger partial charge is 0.266 e. The van der Waals surface area contributed by atoms with Gasteiger partial charge in [-0.1, -0.05) is 15.9 Å². The van der Waals surface area contributed by atoms with E-state index < -0.39 is 0 Å². The van der Waals surface area contributed by atoms with Crippen LogP contribution in [-0.4, -0.2) is 33.7 Å². The summed E-state index contributed by atoms with van der Waals surface area (Å²) in [5.41, 5.74) is 0.378. The van der Waals surface area contributed by atoms with Crippen LogP contribution in [0.5, 0.6) is 0 Å². The van der Waals surface area contributed by atoms with Crippen LogP contribution in [0.4, 0.5) is 0 Å². The minimum absolute atomic E-state index is 0.0612. The van der Waals surface area contributed by atoms with Crippen LogP contribution in [0.25, 0.3) is 10.9 Å². The summed E-state index contributed by atoms with van der Waals surface area (Å²) in [6, 6.07) is 5.29. The number of rotatable bonds is 2. The Morgan fingerprint density at radius 3 is 3.05 bits per heavy atom. The Kier molecular flexibility index (Phi) is 3.54. The summed E-state index contributed by atoms with van der Waals surface area (Å²) in [5.74, 6) is -0.235. The molecule has 1 aromatic heterocycles. The van der Waals surface area contributed by atoms with E-state index in [4.69, 9.17) is 4.84 Å². The molecule has 1 aliphatic heterocycles. The highest BCUT2D eigenvalue weighted by molar-refractivity contribution is 9.10. The van der Waals surface area contributed by atoms with E-state index in [0.717, 1.165) is 10.9 Å². The number of halogens is 1. The van der Waals surface area contributed by atoms with Gasteiger partial charge in [-0.25, -0.2) is 10.0 Å². The molecule has 0 atom stereocenters. The molecule has 0 aliphatic carbocycles. The molecule has 0 bridgehead atoms. The van der Waals surface area contributed by atoms with Gasteiger partial charge in [-0.15, -0.1) is 0 Å². The number of carbonyl (C=O) groups is 1. The summed E-state index contributed by atoms with van der Waals surface area (Å²) in [6.45, 7) is 1.05. The predicted molar refractivity (Wildman–Crippen MR) is 76.0 cm³/mol. The van der Waals surface area contributed by atoms with Gasteiger partial charge in [0.25, 0.3) is 11.5 Å². The quantitative estimate of drug-likeness (QED) is 0.829. The number of carbonyl (C=O) groups excluding carboxylic acids is 1. The Labute approximate surface area is 123 Å². The van der Waals surface area contributed by atoms with Crippen LogP contribution >= 0.6 is 15.9 Å². The molecular formula is C13H12BrN3O3. The van der Waals surface area contributed by atoms with Crippen LogP contribution in [0.2, 0.25) is 0 Å². The molecule has 6 nitrogen and oxygen atoms in total. The summed E-state index contributed by atoms with van der Waals surface area (Å²) in [7, 11) is 0. The average molecular weight is 338 g/mol. The molecule has 3 rings (SSSR count). The largest absolute Gasteiger partial charge is 0.289 e. The lowest BCUT2D eigenvalue weighted by Crippen LogP contribution is -2.34. The fraction of sp³-hybridized carbons (Fsp3) is 0.308. The maximum Gasteiger partial charge on any atom is 0.266 e. The summed E-state index contributed by atoms with van der Waals surface area (Å²) in [6.07, 6.45) is 2.22. The number of hydroxylamine groups is 2. The second kappa shape index (κ2) is 5.34. The molecule has 0 saturated carbocycles. The molecular weight excluding hydrogens is 326 g/mol. The van der Waals surface area contributed by atoms with E-state index in [1.165, 1.54) is 16.0 Å². The first-order chi connectivity index (χ1) is 9.65. The van der Waals surface area contributed by atoms with Crippen LogP contribution < -0.4 is 5.56 Å². The highest BCUT2D eigenvalue weighted by Gasteiger charge is 2.20. The fourth-order valence-electron chi connectivity index (χ4n) is 2.11. The van der Waals surface area contributed by atoms with Crippen molar-refractivity contribution in [2.75, 3.05) is 13.2 Å². The molecule has 1 saturated heterocycles. The second-order valence-electron chi connectivity index (χ2n) is 4.52. The zero-order valence-corrected chi connectivity index (χ0v) is 12.2. The van der Waals surface area contributed by atoms with Crippen LogP contribution in [0, 0.1) is 0 Å². The molecule has 20 heavy (non-hydrogen) atoms. The lowest BCUT2D eigenvalue weighted by atomic mass is 10.2. The molecule has 7 heteroatoms. The van der Waals surface area contributed by atoms with E-state index >= 15 is 0 Å². The third kappa shape index (κ3) is 2.46. The van der Waals surface area contributed by atoms with Crippen molar-refractivity contribution < 1.29 is 9.63 Å². The van der Waals surface area contributed by atoms with Crippen molar-refractivity contribution in [2.45, 2.75) is 13.0 Å². The van der Waals surface area contributed by atoms with E-state index in [0.29, 0.717) is 24.1 Å². The Hall–Kier alpha value is -1.73. The molecule has 1 aliphatic rings. The third-order valence-electron chi connectivity index (χ3n) is 3.12. The number of aromatic nitrogens is 2. The SMILES string of the molecule is O=C(Cn1cnc2ccc(Br)cc2c1=O)N1CCCO1. The highest BCUT2D eigenvalue weighted by Crippen LogP contribution is 2.15. The molecule has 2 aromatic rings. The summed E-state index contributed by atoms with van der Waals surface area (Å²) >= 11 is 3.32. The minimum atomic E-state index is -0.235. The van der Waals surface area contributed by atoms with Crippen molar-refractivity contribution in [3.8, 4) is 0 Å². The van der Waals surface area contributed by atoms with Crippen LogP contribution in [0.3, 0.4) is 0 Å². The van der Waals surface area contributed by atoms with Gasteiger partial charge in [0.05, 0.1) is 30.4 Å². The molecule has 0 unspecified atom stereocenters. The van der Waals surface area contributed by atoms with Crippen molar-refractivity contribution in [3.63, 3.8) is 0 Å². The van der Waals surface area contributed by atoms with Gasteiger partial charge in [0, 0.05) is 4.47 Å². The average Bonchev–Trinajstić information content (AvgIpc) is 2.96. The maximum atomic E-state index is 12.3. The summed E-state index contributed by atoms with van der Waals surface area (Å²) in [5, 5.41) is 1.79. The molecule has 0 spiro atoms. The lowest BCUT2D eigenvalue weighted by Gasteiger charge is -2.14. The topological polar surface area (TPSA) is 64.4 Å². The Morgan fingerprint density at radius 2 is 2.30 bits per heavy atom. The lowest BCUT2D eigenvalue weighted by molar-refractivity contribution is -0.169. The van der Waals surface area contributed by atoms with Gasteiger partial charge in [0.15, 0.2) is 0 Å². The predicted octanol–water partition coefficient (Wildman–Crippen LogP) is 1.32. The third-order valence-corrected chi connectivity index (χ3v) is 3.62. The van der Waals surface area contributed by atoms with Gasteiger partial charge >= 0.3 is 0 Å². The zero-order chi connectivity index (χ0) is 14.1. The van der Waals surface area contributed by atoms with Gasteiger partial charge in [-0.05, 0) is 24.6 Å². The first kappa shape index (κ1) is 13.3. The first-order valence-electron chi connectivity index (χ1n) is 6.23. The molecule has 1 aromatic carbocycles. The van der Waals surface area contributed by atoms with Crippen molar-refractivity contribution in [3.05, 3.63) is 39.4 Å². The zero-order valence-electron chi connectivity index (χ0n) is 10.6. The van der Waals surface area contributed by atoms with Crippen LogP contribution in [0.1, 0.15) is 6.42 Å². The number of hydrogen-bond donors (Lipinski definition) is 0. The van der Waals surface area contributed by atoms with E-state index in [1.54, 1.807) is 12.1 Å². The maximum absolute atomic E-state index is 12.3. The van der Waals surface area contributed by atoms with E-state index in [1.807, 2.05) is 6.07 Å². The van der Waals surface area contributed by atoms with Crippen molar-refractivity contribution in [1.82, 2.24) is 14.6 Å². The van der Waals surface area contributed by atoms with Crippen LogP contribution in [-0.2, 0) is 16.2 Å². The Balaban J connectivity index is 1.93. The first-order valence-corrected chi connectivity index (χ1v) is 7.02. The molecule has 2 heterocycles. The number of hydrogen-bond acceptors (Lipinski definition) is 4. The van der Waals surface area contributed by atoms with Crippen molar-refractivity contribution >= 4 is 32.7 Å². The van der Waals surface area contributed by atoms with Gasteiger partial charge < -0.3 is 0 Å². The summed E-state index contributed by atoms with van der Waals surface area (Å²) < 4.78 is 2.11. The van der Waals surface area contributed by atoms with Gasteiger partial charge in [-0.3, -0.25) is 19.0 Å². The van der Waals surface area contributed by atoms with E-state index in [-0.39, 0.29) is 18.0 Å². The van der Waals surface area contributed by atoms with Crippen molar-refractivity contribution in [1.29, 1.82) is 0 Å². The minimum Gasteiger partial charge on any atom is -0.289 e. The normalized spacial score (nSPS) is 14.9. The highest BCUT2D eigenvalue weighted by atomic mass is 79.9. The van der Waals surface area contributed by atoms with Gasteiger partial charge in [0.1, 0.15) is 6.54 Å². The second-order valence-corrected chi connectivity index (χ2v) is 5.44. The van der Waals surface area contributed by atoms with E-state index in [9.17, 15) is 9.59 Å². The Morgan fingerprint density at radius 1 is 1.45 bits per heavy atom. The summed E-state index contributed by atoms with van der Waals surface area (Å²) in [4.78, 5) is 33.7. The molecule has 104 valence electrons. The standard InChI is InChI=1S/C13H12BrN3O3/c14-9-2-3-11-10(6-9)13(19)16(8-15-11)7-12(18)17-4-1-5-20-17/h2-3,6,8H,1,4-5,7H2. The molecule has 1 fully saturated rings. The number of nitrogens with zero attached hydrogens (tertiary/aromatic N) is 3. The molecule has 0 radical (unpaired) electrons. The van der Waals surface area contributed by atoms with Crippen molar-refractivity contribution in [2.24, 2.45) is 0 Å². The van der Waals surface area contributed by atoms with Gasteiger partial charge in [0.2, 0.25) is 0 Å². The van der Waals surface area contributed by atoms with Gasteiger partial charge in [-0.2, -0.15) is 0 Å². The van der Waals surface area contributed by atoms with Crippen LogP contribution in [0.15, 0.2) is 33.8 Å². The Bertz CT molecular complexity index is 722. The molecule has 1 amide bonds. The fourth-order valence-corrected chi connectivity index (χ4v) is 2.47. The molecule has 0 N–H and O–H groups in total. The number of amides is 1. The monoisotopic (exact) mass is 337 g/mol. The number of benzene rings is 1. The van der Waals surface area contributed by atoms with E-state index in [2.05, 4.69) is 20.9 Å².